The number of anilines is 2. The lowest BCUT2D eigenvalue weighted by molar-refractivity contribution is 1.02. The minimum atomic E-state index is -2.75. The van der Waals surface area contributed by atoms with E-state index in [9.17, 15) is 0 Å². The van der Waals surface area contributed by atoms with E-state index in [1.165, 1.54) is 71.5 Å². The number of rotatable bonds is 6. The Morgan fingerprint density at radius 1 is 0.525 bits per heavy atom. The maximum Gasteiger partial charge on any atom is 0.127 e. The first-order valence-electron chi connectivity index (χ1n) is 20.2. The Labute approximate surface area is 359 Å². The molecule has 3 aliphatic rings. The lowest BCUT2D eigenvalue weighted by atomic mass is 9.99. The molecule has 6 aromatic rings. The van der Waals surface area contributed by atoms with Gasteiger partial charge in [0.1, 0.15) is 5.82 Å². The van der Waals surface area contributed by atoms with Crippen molar-refractivity contribution in [2.24, 2.45) is 0 Å². The maximum absolute atomic E-state index is 7.89. The summed E-state index contributed by atoms with van der Waals surface area (Å²) in [6.07, 6.45) is 11.3. The number of aryl methyl sites for hydroxylation is 6. The third-order valence-electron chi connectivity index (χ3n) is 12.0. The van der Waals surface area contributed by atoms with Gasteiger partial charge in [0.2, 0.25) is 0 Å². The van der Waals surface area contributed by atoms with Crippen LogP contribution >= 0.6 is 30.1 Å². The molecular formula is C54H47Cl2N2P. The SMILES string of the molecule is Cc1cc(C)c(N2C=CN(c3c(C)cc(C)cc3C)C2=C2C(Cl)=C(Cl)C=CC2P(=C2C=C(c3ccccc3)c3ccccc32)(c2ccccc2)c2ccccc2)c(C)c1. The summed E-state index contributed by atoms with van der Waals surface area (Å²) in [4.78, 5) is 4.75. The van der Waals surface area contributed by atoms with Gasteiger partial charge in [0, 0.05) is 23.6 Å². The van der Waals surface area contributed by atoms with Gasteiger partial charge in [0.05, 0.1) is 21.4 Å². The number of allylic oxidation sites excluding steroid dienone is 6. The average Bonchev–Trinajstić information content (AvgIpc) is 3.82. The van der Waals surface area contributed by atoms with E-state index in [2.05, 4.69) is 215 Å². The van der Waals surface area contributed by atoms with Gasteiger partial charge < -0.3 is 9.80 Å². The van der Waals surface area contributed by atoms with Crippen LogP contribution in [0.4, 0.5) is 11.4 Å². The summed E-state index contributed by atoms with van der Waals surface area (Å²) in [5, 5.41) is 4.95. The summed E-state index contributed by atoms with van der Waals surface area (Å²) >= 11 is 15.2. The number of halogens is 2. The molecule has 0 fully saturated rings. The molecule has 0 saturated carbocycles. The molecular weight excluding hydrogens is 778 g/mol. The first-order valence-corrected chi connectivity index (χ1v) is 22.9. The van der Waals surface area contributed by atoms with Crippen molar-refractivity contribution in [3.8, 4) is 0 Å². The lowest BCUT2D eigenvalue weighted by Gasteiger charge is -2.42. The summed E-state index contributed by atoms with van der Waals surface area (Å²) < 4.78 is 0. The van der Waals surface area contributed by atoms with E-state index in [0.29, 0.717) is 10.1 Å². The molecule has 2 nitrogen and oxygen atoms in total. The summed E-state index contributed by atoms with van der Waals surface area (Å²) in [6, 6.07) is 51.2. The Morgan fingerprint density at radius 3 is 1.46 bits per heavy atom. The van der Waals surface area contributed by atoms with Gasteiger partial charge in [-0.2, -0.15) is 0 Å². The smallest absolute Gasteiger partial charge is 0.127 e. The third-order valence-corrected chi connectivity index (χ3v) is 17.4. The second kappa shape index (κ2) is 15.6. The average molecular weight is 826 g/mol. The first-order chi connectivity index (χ1) is 28.6. The lowest BCUT2D eigenvalue weighted by Crippen LogP contribution is -2.36. The fourth-order valence-electron chi connectivity index (χ4n) is 9.88. The molecule has 2 aliphatic carbocycles. The Hall–Kier alpha value is -5.50. The van der Waals surface area contributed by atoms with Gasteiger partial charge >= 0.3 is 0 Å². The van der Waals surface area contributed by atoms with Crippen molar-refractivity contribution in [1.82, 2.24) is 0 Å². The molecule has 0 saturated heterocycles. The molecule has 0 amide bonds. The summed E-state index contributed by atoms with van der Waals surface area (Å²) in [6.45, 7) is 10.4. The van der Waals surface area contributed by atoms with E-state index >= 15 is 0 Å². The number of fused-ring (bicyclic) bond motifs is 1. The van der Waals surface area contributed by atoms with E-state index in [1.807, 2.05) is 6.08 Å². The highest BCUT2D eigenvalue weighted by Gasteiger charge is 2.44. The molecule has 0 bridgehead atoms. The molecule has 0 aromatic heterocycles. The van der Waals surface area contributed by atoms with Gasteiger partial charge in [0.25, 0.3) is 0 Å². The van der Waals surface area contributed by atoms with Crippen LogP contribution in [0.3, 0.4) is 0 Å². The molecule has 1 atom stereocenters. The molecule has 9 rings (SSSR count). The summed E-state index contributed by atoms with van der Waals surface area (Å²) in [5.41, 5.74) is 15.2. The van der Waals surface area contributed by atoms with Crippen molar-refractivity contribution in [2.75, 3.05) is 9.80 Å². The predicted octanol–water partition coefficient (Wildman–Crippen LogP) is 13.5. The van der Waals surface area contributed by atoms with E-state index in [-0.39, 0.29) is 5.66 Å². The fraction of sp³-hybridized carbons (Fsp3) is 0.130. The predicted molar refractivity (Wildman–Crippen MR) is 257 cm³/mol. The topological polar surface area (TPSA) is 6.48 Å². The Bertz CT molecular complexity index is 2700. The van der Waals surface area contributed by atoms with E-state index in [4.69, 9.17) is 23.2 Å². The standard InChI is InChI=1S/C54H47Cl2N2P/c1-35-30-37(3)52(38(4)31-35)57-28-29-58(53-39(5)32-36(2)33-40(53)6)54(57)50-48(27-26-47(55)51(50)56)59(42-20-12-8-13-21-42,43-22-14-9-15-23-43)49-34-46(41-18-10-7-11-19-41)44-24-16-17-25-45(44)49/h7-34,48H,1-6H3. The van der Waals surface area contributed by atoms with Crippen molar-refractivity contribution >= 4 is 62.9 Å². The number of hydrogen-bond donors (Lipinski definition) is 0. The summed E-state index contributed by atoms with van der Waals surface area (Å²) in [7, 11) is 0. The van der Waals surface area contributed by atoms with Crippen LogP contribution in [-0.2, 0) is 0 Å². The molecule has 1 aliphatic heterocycles. The van der Waals surface area contributed by atoms with Gasteiger partial charge in [-0.15, -0.1) is 0 Å². The minimum absolute atomic E-state index is 0.228. The van der Waals surface area contributed by atoms with Crippen molar-refractivity contribution in [3.05, 3.63) is 242 Å². The van der Waals surface area contributed by atoms with Crippen LogP contribution in [0, 0.1) is 41.5 Å². The molecule has 0 spiro atoms. The van der Waals surface area contributed by atoms with Gasteiger partial charge in [-0.05, 0) is 121 Å². The van der Waals surface area contributed by atoms with Crippen molar-refractivity contribution in [3.63, 3.8) is 0 Å². The van der Waals surface area contributed by atoms with Gasteiger partial charge in [-0.1, -0.05) is 180 Å². The largest absolute Gasteiger partial charge is 0.301 e. The molecule has 59 heavy (non-hydrogen) atoms. The van der Waals surface area contributed by atoms with Crippen LogP contribution in [0.2, 0.25) is 0 Å². The molecule has 5 heteroatoms. The van der Waals surface area contributed by atoms with Crippen molar-refractivity contribution in [2.45, 2.75) is 47.2 Å². The normalized spacial score (nSPS) is 16.4. The van der Waals surface area contributed by atoms with Gasteiger partial charge in [-0.3, -0.25) is 0 Å². The van der Waals surface area contributed by atoms with E-state index in [1.54, 1.807) is 0 Å². The fourth-order valence-corrected chi connectivity index (χ4v) is 15.4. The van der Waals surface area contributed by atoms with Crippen LogP contribution < -0.4 is 20.4 Å². The zero-order valence-corrected chi connectivity index (χ0v) is 36.7. The Kier molecular flexibility index (Phi) is 10.3. The van der Waals surface area contributed by atoms with Crippen LogP contribution in [0.1, 0.15) is 50.1 Å². The third kappa shape index (κ3) is 6.50. The zero-order chi connectivity index (χ0) is 41.0. The molecule has 292 valence electrons. The molecule has 6 aromatic carbocycles. The Morgan fingerprint density at radius 2 is 0.966 bits per heavy atom. The molecule has 0 N–H and O–H groups in total. The van der Waals surface area contributed by atoms with E-state index < -0.39 is 6.89 Å². The maximum atomic E-state index is 7.89. The van der Waals surface area contributed by atoms with Crippen molar-refractivity contribution < 1.29 is 0 Å². The van der Waals surface area contributed by atoms with Crippen LogP contribution in [0.25, 0.3) is 5.57 Å². The van der Waals surface area contributed by atoms with Crippen LogP contribution in [-0.4, -0.2) is 11.0 Å². The molecule has 1 heterocycles. The second-order valence-corrected chi connectivity index (χ2v) is 20.3. The highest BCUT2D eigenvalue weighted by Crippen LogP contribution is 2.62. The number of hydrogen-bond acceptors (Lipinski definition) is 2. The van der Waals surface area contributed by atoms with Crippen LogP contribution in [0.15, 0.2) is 192 Å². The number of nitrogens with zero attached hydrogens (tertiary/aromatic N) is 2. The first kappa shape index (κ1) is 39.0. The highest BCUT2D eigenvalue weighted by molar-refractivity contribution is 7.91. The van der Waals surface area contributed by atoms with Gasteiger partial charge in [-0.25, -0.2) is 0 Å². The van der Waals surface area contributed by atoms with Crippen molar-refractivity contribution in [1.29, 1.82) is 0 Å². The quantitative estimate of drug-likeness (QED) is 0.154. The monoisotopic (exact) mass is 824 g/mol. The van der Waals surface area contributed by atoms with E-state index in [0.717, 1.165) is 22.8 Å². The van der Waals surface area contributed by atoms with Crippen LogP contribution in [0.5, 0.6) is 0 Å². The van der Waals surface area contributed by atoms with Gasteiger partial charge in [0.15, 0.2) is 0 Å². The Balaban J connectivity index is 1.49. The molecule has 0 radical (unpaired) electrons. The highest BCUT2D eigenvalue weighted by atomic mass is 35.5. The summed E-state index contributed by atoms with van der Waals surface area (Å²) in [5.74, 6) is 0.989. The number of benzene rings is 6. The second-order valence-electron chi connectivity index (χ2n) is 16.0. The zero-order valence-electron chi connectivity index (χ0n) is 34.3. The molecule has 1 unspecified atom stereocenters. The minimum Gasteiger partial charge on any atom is -0.301 e.